The van der Waals surface area contributed by atoms with Crippen molar-refractivity contribution in [3.05, 3.63) is 29.8 Å². The van der Waals surface area contributed by atoms with Crippen LogP contribution in [0.25, 0.3) is 0 Å². The highest BCUT2D eigenvalue weighted by molar-refractivity contribution is 7.89. The zero-order valence-electron chi connectivity index (χ0n) is 14.2. The average Bonchev–Trinajstić information content (AvgIpc) is 2.37. The molecule has 1 rings (SSSR count). The summed E-state index contributed by atoms with van der Waals surface area (Å²) in [6.07, 6.45) is 0. The van der Waals surface area contributed by atoms with E-state index in [-0.39, 0.29) is 10.9 Å². The molecule has 0 heterocycles. The molecule has 0 bridgehead atoms. The van der Waals surface area contributed by atoms with Crippen molar-refractivity contribution >= 4 is 16.0 Å². The van der Waals surface area contributed by atoms with Crippen LogP contribution in [0.1, 0.15) is 19.4 Å². The lowest BCUT2D eigenvalue weighted by Crippen LogP contribution is -2.35. The first-order chi connectivity index (χ1) is 10.1. The number of nitrogens with zero attached hydrogens (tertiary/aromatic N) is 3. The highest BCUT2D eigenvalue weighted by Crippen LogP contribution is 2.13. The molecule has 1 aromatic carbocycles. The van der Waals surface area contributed by atoms with Crippen molar-refractivity contribution in [2.24, 2.45) is 4.99 Å². The highest BCUT2D eigenvalue weighted by Gasteiger charge is 2.15. The van der Waals surface area contributed by atoms with E-state index in [9.17, 15) is 8.42 Å². The molecule has 22 heavy (non-hydrogen) atoms. The second-order valence-corrected chi connectivity index (χ2v) is 7.54. The molecule has 0 aromatic heterocycles. The fraction of sp³-hybridized carbons (Fsp3) is 0.533. The molecule has 0 aliphatic heterocycles. The average molecular weight is 326 g/mol. The lowest BCUT2D eigenvalue weighted by atomic mass is 10.2. The van der Waals surface area contributed by atoms with Gasteiger partial charge in [-0.2, -0.15) is 0 Å². The molecule has 0 unspecified atom stereocenters. The summed E-state index contributed by atoms with van der Waals surface area (Å²) in [6, 6.07) is 6.74. The van der Waals surface area contributed by atoms with E-state index < -0.39 is 10.0 Å². The Morgan fingerprint density at radius 3 is 2.27 bits per heavy atom. The molecule has 6 nitrogen and oxygen atoms in total. The second kappa shape index (κ2) is 7.60. The maximum absolute atomic E-state index is 12.2. The fourth-order valence-corrected chi connectivity index (χ4v) is 3.36. The van der Waals surface area contributed by atoms with Crippen molar-refractivity contribution < 1.29 is 8.42 Å². The third kappa shape index (κ3) is 5.31. The number of hydrogen-bond donors (Lipinski definition) is 1. The van der Waals surface area contributed by atoms with Gasteiger partial charge in [-0.3, -0.25) is 0 Å². The van der Waals surface area contributed by atoms with E-state index in [1.807, 2.05) is 44.1 Å². The van der Waals surface area contributed by atoms with Gasteiger partial charge in [0.25, 0.3) is 0 Å². The van der Waals surface area contributed by atoms with E-state index in [1.165, 1.54) is 0 Å². The van der Waals surface area contributed by atoms with E-state index in [2.05, 4.69) is 9.71 Å². The molecule has 0 aliphatic rings. The van der Waals surface area contributed by atoms with Gasteiger partial charge in [0.2, 0.25) is 10.0 Å². The van der Waals surface area contributed by atoms with Crippen molar-refractivity contribution in [1.82, 2.24) is 14.5 Å². The van der Waals surface area contributed by atoms with Crippen molar-refractivity contribution in [3.63, 3.8) is 0 Å². The molecule has 0 fully saturated rings. The summed E-state index contributed by atoms with van der Waals surface area (Å²) >= 11 is 0. The van der Waals surface area contributed by atoms with Crippen LogP contribution in [-0.4, -0.2) is 58.4 Å². The Morgan fingerprint density at radius 2 is 1.77 bits per heavy atom. The van der Waals surface area contributed by atoms with Crippen LogP contribution in [0.2, 0.25) is 0 Å². The Hall–Kier alpha value is -1.60. The molecule has 0 radical (unpaired) electrons. The largest absolute Gasteiger partial charge is 0.349 e. The molecule has 0 atom stereocenters. The number of hydrogen-bond acceptors (Lipinski definition) is 3. The van der Waals surface area contributed by atoms with Gasteiger partial charge in [0.15, 0.2) is 5.96 Å². The minimum absolute atomic E-state index is 0.138. The number of nitrogens with one attached hydrogen (secondary N) is 1. The van der Waals surface area contributed by atoms with Crippen LogP contribution in [-0.2, 0) is 16.6 Å². The highest BCUT2D eigenvalue weighted by atomic mass is 32.2. The summed E-state index contributed by atoms with van der Waals surface area (Å²) in [5.41, 5.74) is 0.854. The third-order valence-corrected chi connectivity index (χ3v) is 4.46. The van der Waals surface area contributed by atoms with Crippen molar-refractivity contribution in [2.75, 3.05) is 28.2 Å². The standard InChI is InChI=1S/C15H26N4O2S/c1-12(2)17-22(20,21)14-9-7-8-13(10-14)11-16-15(18(3)4)19(5)6/h7-10,12,17H,11H2,1-6H3. The third-order valence-electron chi connectivity index (χ3n) is 2.80. The van der Waals surface area contributed by atoms with Crippen LogP contribution in [0.15, 0.2) is 34.2 Å². The molecule has 1 aromatic rings. The number of guanidine groups is 1. The Kier molecular flexibility index (Phi) is 6.37. The van der Waals surface area contributed by atoms with Gasteiger partial charge in [-0.1, -0.05) is 12.1 Å². The van der Waals surface area contributed by atoms with E-state index >= 15 is 0 Å². The fourth-order valence-electron chi connectivity index (χ4n) is 2.03. The molecule has 0 saturated carbocycles. The second-order valence-electron chi connectivity index (χ2n) is 5.83. The van der Waals surface area contributed by atoms with Crippen LogP contribution >= 0.6 is 0 Å². The van der Waals surface area contributed by atoms with Gasteiger partial charge >= 0.3 is 0 Å². The number of aliphatic imine (C=N–C) groups is 1. The van der Waals surface area contributed by atoms with Crippen molar-refractivity contribution in [1.29, 1.82) is 0 Å². The number of rotatable bonds is 5. The molecule has 0 spiro atoms. The molecule has 1 N–H and O–H groups in total. The Balaban J connectivity index is 3.01. The monoisotopic (exact) mass is 326 g/mol. The van der Waals surface area contributed by atoms with Gasteiger partial charge in [-0.25, -0.2) is 18.1 Å². The maximum atomic E-state index is 12.2. The predicted octanol–water partition coefficient (Wildman–Crippen LogP) is 1.35. The number of sulfonamides is 1. The first-order valence-corrected chi connectivity index (χ1v) is 8.62. The van der Waals surface area contributed by atoms with Crippen LogP contribution in [0, 0.1) is 0 Å². The molecule has 0 aliphatic carbocycles. The molecule has 7 heteroatoms. The van der Waals surface area contributed by atoms with E-state index in [1.54, 1.807) is 32.0 Å². The first-order valence-electron chi connectivity index (χ1n) is 7.14. The van der Waals surface area contributed by atoms with Gasteiger partial charge < -0.3 is 9.80 Å². The quantitative estimate of drug-likeness (QED) is 0.655. The molecular formula is C15H26N4O2S. The molecule has 124 valence electrons. The van der Waals surface area contributed by atoms with Gasteiger partial charge in [-0.15, -0.1) is 0 Å². The summed E-state index contributed by atoms with van der Waals surface area (Å²) in [4.78, 5) is 8.63. The van der Waals surface area contributed by atoms with Crippen LogP contribution in [0.5, 0.6) is 0 Å². The molecular weight excluding hydrogens is 300 g/mol. The summed E-state index contributed by atoms with van der Waals surface area (Å²) in [5, 5.41) is 0. The summed E-state index contributed by atoms with van der Waals surface area (Å²) in [7, 11) is 4.22. The summed E-state index contributed by atoms with van der Waals surface area (Å²) < 4.78 is 27.0. The predicted molar refractivity (Wildman–Crippen MR) is 90.4 cm³/mol. The van der Waals surface area contributed by atoms with Crippen LogP contribution in [0.4, 0.5) is 0 Å². The molecule has 0 amide bonds. The molecule has 0 saturated heterocycles. The van der Waals surface area contributed by atoms with Gasteiger partial charge in [-0.05, 0) is 31.5 Å². The Morgan fingerprint density at radius 1 is 1.18 bits per heavy atom. The summed E-state index contributed by atoms with van der Waals surface area (Å²) in [6.45, 7) is 4.02. The van der Waals surface area contributed by atoms with Gasteiger partial charge in [0.1, 0.15) is 0 Å². The normalized spacial score (nSPS) is 11.4. The van der Waals surface area contributed by atoms with Crippen molar-refractivity contribution in [2.45, 2.75) is 31.3 Å². The first kappa shape index (κ1) is 18.4. The Bertz CT molecular complexity index is 612. The summed E-state index contributed by atoms with van der Waals surface area (Å²) in [5.74, 6) is 0.827. The van der Waals surface area contributed by atoms with Crippen LogP contribution < -0.4 is 4.72 Å². The van der Waals surface area contributed by atoms with E-state index in [0.717, 1.165) is 11.5 Å². The minimum Gasteiger partial charge on any atom is -0.349 e. The van der Waals surface area contributed by atoms with Gasteiger partial charge in [0.05, 0.1) is 11.4 Å². The maximum Gasteiger partial charge on any atom is 0.240 e. The minimum atomic E-state index is -3.47. The van der Waals surface area contributed by atoms with Crippen LogP contribution in [0.3, 0.4) is 0 Å². The lowest BCUT2D eigenvalue weighted by molar-refractivity contribution is 0.479. The lowest BCUT2D eigenvalue weighted by Gasteiger charge is -2.22. The topological polar surface area (TPSA) is 65.0 Å². The van der Waals surface area contributed by atoms with Gasteiger partial charge in [0, 0.05) is 34.2 Å². The number of benzene rings is 1. The van der Waals surface area contributed by atoms with Crippen molar-refractivity contribution in [3.8, 4) is 0 Å². The SMILES string of the molecule is CC(C)NS(=O)(=O)c1cccc(CN=C(N(C)C)N(C)C)c1. The van der Waals surface area contributed by atoms with E-state index in [0.29, 0.717) is 6.54 Å². The zero-order chi connectivity index (χ0) is 16.9. The van der Waals surface area contributed by atoms with E-state index in [4.69, 9.17) is 0 Å². The Labute approximate surface area is 133 Å². The zero-order valence-corrected chi connectivity index (χ0v) is 15.0. The smallest absolute Gasteiger partial charge is 0.240 e.